The molecule has 0 aromatic rings. The van der Waals surface area contributed by atoms with Gasteiger partial charge in [-0.05, 0) is 32.7 Å². The van der Waals surface area contributed by atoms with Gasteiger partial charge in [0, 0.05) is 18.3 Å². The minimum absolute atomic E-state index is 0. The SMILES string of the molecule is CC1CCNC(C)C1NC(=O)C(C)S(C)(=O)=O.Cl. The highest BCUT2D eigenvalue weighted by Gasteiger charge is 2.32. The van der Waals surface area contributed by atoms with Crippen LogP contribution in [-0.2, 0) is 14.6 Å². The van der Waals surface area contributed by atoms with Crippen molar-refractivity contribution in [1.29, 1.82) is 0 Å². The van der Waals surface area contributed by atoms with Crippen molar-refractivity contribution >= 4 is 28.2 Å². The molecule has 1 saturated heterocycles. The molecule has 108 valence electrons. The van der Waals surface area contributed by atoms with Crippen molar-refractivity contribution in [3.63, 3.8) is 0 Å². The number of halogens is 1. The van der Waals surface area contributed by atoms with Crippen molar-refractivity contribution in [2.75, 3.05) is 12.8 Å². The fourth-order valence-corrected chi connectivity index (χ4v) is 2.54. The third kappa shape index (κ3) is 4.40. The van der Waals surface area contributed by atoms with Crippen molar-refractivity contribution in [2.45, 2.75) is 44.5 Å². The zero-order chi connectivity index (χ0) is 13.2. The summed E-state index contributed by atoms with van der Waals surface area (Å²) < 4.78 is 22.6. The van der Waals surface area contributed by atoms with Gasteiger partial charge in [-0.2, -0.15) is 0 Å². The summed E-state index contributed by atoms with van der Waals surface area (Å²) in [6, 6.07) is 0.176. The van der Waals surface area contributed by atoms with Crippen LogP contribution in [0.2, 0.25) is 0 Å². The Hall–Kier alpha value is -0.330. The molecular weight excluding hydrogens is 276 g/mol. The van der Waals surface area contributed by atoms with Crippen LogP contribution in [0.25, 0.3) is 0 Å². The van der Waals surface area contributed by atoms with Gasteiger partial charge in [-0.15, -0.1) is 12.4 Å². The highest BCUT2D eigenvalue weighted by Crippen LogP contribution is 2.16. The van der Waals surface area contributed by atoms with Gasteiger partial charge in [-0.1, -0.05) is 6.92 Å². The van der Waals surface area contributed by atoms with E-state index >= 15 is 0 Å². The molecule has 1 aliphatic rings. The van der Waals surface area contributed by atoms with E-state index in [2.05, 4.69) is 17.6 Å². The molecule has 4 atom stereocenters. The fraction of sp³-hybridized carbons (Fsp3) is 0.909. The zero-order valence-electron chi connectivity index (χ0n) is 11.3. The highest BCUT2D eigenvalue weighted by molar-refractivity contribution is 7.92. The Kier molecular flexibility index (Phi) is 6.60. The topological polar surface area (TPSA) is 75.3 Å². The molecule has 5 nitrogen and oxygen atoms in total. The van der Waals surface area contributed by atoms with Crippen LogP contribution in [0.3, 0.4) is 0 Å². The molecule has 0 spiro atoms. The molecule has 0 aromatic carbocycles. The van der Waals surface area contributed by atoms with Crippen LogP contribution in [0, 0.1) is 5.92 Å². The number of amides is 1. The van der Waals surface area contributed by atoms with Gasteiger partial charge in [-0.3, -0.25) is 4.79 Å². The lowest BCUT2D eigenvalue weighted by Gasteiger charge is -2.36. The maximum atomic E-state index is 11.8. The normalized spacial score (nSPS) is 30.1. The quantitative estimate of drug-likeness (QED) is 0.788. The van der Waals surface area contributed by atoms with E-state index in [1.165, 1.54) is 6.92 Å². The van der Waals surface area contributed by atoms with Gasteiger partial charge in [0.1, 0.15) is 5.25 Å². The zero-order valence-corrected chi connectivity index (χ0v) is 12.9. The van der Waals surface area contributed by atoms with Crippen LogP contribution in [0.4, 0.5) is 0 Å². The van der Waals surface area contributed by atoms with Gasteiger partial charge in [-0.25, -0.2) is 8.42 Å². The standard InChI is InChI=1S/C11H22N2O3S.ClH/c1-7-5-6-12-8(2)10(7)13-11(14)9(3)17(4,15)16;/h7-10,12H,5-6H2,1-4H3,(H,13,14);1H. The minimum Gasteiger partial charge on any atom is -0.350 e. The third-order valence-electron chi connectivity index (χ3n) is 3.54. The van der Waals surface area contributed by atoms with Crippen LogP contribution >= 0.6 is 12.4 Å². The Labute approximate surface area is 115 Å². The molecule has 1 fully saturated rings. The molecule has 0 radical (unpaired) electrons. The smallest absolute Gasteiger partial charge is 0.238 e. The second-order valence-corrected chi connectivity index (χ2v) is 7.38. The number of rotatable bonds is 3. The summed E-state index contributed by atoms with van der Waals surface area (Å²) in [5, 5.41) is 5.14. The summed E-state index contributed by atoms with van der Waals surface area (Å²) in [6.45, 7) is 6.45. The van der Waals surface area contributed by atoms with E-state index in [0.717, 1.165) is 19.2 Å². The highest BCUT2D eigenvalue weighted by atomic mass is 35.5. The lowest BCUT2D eigenvalue weighted by Crippen LogP contribution is -2.57. The minimum atomic E-state index is -3.32. The molecule has 7 heteroatoms. The van der Waals surface area contributed by atoms with Crippen LogP contribution in [0.1, 0.15) is 27.2 Å². The molecule has 2 N–H and O–H groups in total. The number of carbonyl (C=O) groups is 1. The maximum Gasteiger partial charge on any atom is 0.238 e. The van der Waals surface area contributed by atoms with Crippen molar-refractivity contribution < 1.29 is 13.2 Å². The Morgan fingerprint density at radius 3 is 2.39 bits per heavy atom. The van der Waals surface area contributed by atoms with E-state index in [-0.39, 0.29) is 24.5 Å². The molecule has 0 aromatic heterocycles. The number of piperidine rings is 1. The van der Waals surface area contributed by atoms with E-state index in [0.29, 0.717) is 5.92 Å². The molecule has 1 aliphatic heterocycles. The van der Waals surface area contributed by atoms with Gasteiger partial charge in [0.05, 0.1) is 0 Å². The number of hydrogen-bond acceptors (Lipinski definition) is 4. The average molecular weight is 299 g/mol. The molecule has 1 heterocycles. The first-order valence-corrected chi connectivity index (χ1v) is 7.91. The van der Waals surface area contributed by atoms with E-state index in [9.17, 15) is 13.2 Å². The lowest BCUT2D eigenvalue weighted by atomic mass is 9.89. The predicted molar refractivity (Wildman–Crippen MR) is 74.7 cm³/mol. The average Bonchev–Trinajstić information content (AvgIpc) is 2.21. The van der Waals surface area contributed by atoms with Gasteiger partial charge >= 0.3 is 0 Å². The summed E-state index contributed by atoms with van der Waals surface area (Å²) >= 11 is 0. The van der Waals surface area contributed by atoms with Gasteiger partial charge in [0.15, 0.2) is 9.84 Å². The molecule has 1 rings (SSSR count). The van der Waals surface area contributed by atoms with E-state index in [1.54, 1.807) is 0 Å². The van der Waals surface area contributed by atoms with E-state index < -0.39 is 21.0 Å². The van der Waals surface area contributed by atoms with Gasteiger partial charge in [0.2, 0.25) is 5.91 Å². The molecule has 18 heavy (non-hydrogen) atoms. The summed E-state index contributed by atoms with van der Waals surface area (Å²) in [6.07, 6.45) is 2.08. The van der Waals surface area contributed by atoms with Crippen LogP contribution in [0.5, 0.6) is 0 Å². The Bertz CT molecular complexity index is 376. The molecule has 0 bridgehead atoms. The van der Waals surface area contributed by atoms with Crippen LogP contribution < -0.4 is 10.6 Å². The third-order valence-corrected chi connectivity index (χ3v) is 5.04. The van der Waals surface area contributed by atoms with Crippen molar-refractivity contribution in [3.05, 3.63) is 0 Å². The Morgan fingerprint density at radius 1 is 1.39 bits per heavy atom. The van der Waals surface area contributed by atoms with E-state index in [4.69, 9.17) is 0 Å². The molecule has 1 amide bonds. The monoisotopic (exact) mass is 298 g/mol. The van der Waals surface area contributed by atoms with Gasteiger partial charge in [0.25, 0.3) is 0 Å². The fourth-order valence-electron chi connectivity index (χ4n) is 2.08. The Morgan fingerprint density at radius 2 is 1.94 bits per heavy atom. The number of carbonyl (C=O) groups excluding carboxylic acids is 1. The first-order valence-electron chi connectivity index (χ1n) is 5.96. The van der Waals surface area contributed by atoms with Gasteiger partial charge < -0.3 is 10.6 Å². The predicted octanol–water partition coefficient (Wildman–Crippen LogP) is 0.344. The van der Waals surface area contributed by atoms with E-state index in [1.807, 2.05) is 6.92 Å². The summed E-state index contributed by atoms with van der Waals surface area (Å²) in [5.74, 6) is -0.0399. The molecule has 0 saturated carbocycles. The molecule has 0 aliphatic carbocycles. The number of hydrogen-bond donors (Lipinski definition) is 2. The van der Waals surface area contributed by atoms with Crippen molar-refractivity contribution in [3.8, 4) is 0 Å². The summed E-state index contributed by atoms with van der Waals surface area (Å²) in [4.78, 5) is 11.8. The van der Waals surface area contributed by atoms with Crippen LogP contribution in [0.15, 0.2) is 0 Å². The number of sulfone groups is 1. The first kappa shape index (κ1) is 17.7. The second-order valence-electron chi connectivity index (χ2n) is 5.01. The second kappa shape index (κ2) is 6.73. The summed E-state index contributed by atoms with van der Waals surface area (Å²) in [7, 11) is -3.32. The largest absolute Gasteiger partial charge is 0.350 e. The lowest BCUT2D eigenvalue weighted by molar-refractivity contribution is -0.121. The van der Waals surface area contributed by atoms with Crippen molar-refractivity contribution in [1.82, 2.24) is 10.6 Å². The van der Waals surface area contributed by atoms with Crippen LogP contribution in [-0.4, -0.2) is 44.5 Å². The molecular formula is C11H23ClN2O3S. The first-order chi connectivity index (χ1) is 7.73. The summed E-state index contributed by atoms with van der Waals surface area (Å²) in [5.41, 5.74) is 0. The number of nitrogens with one attached hydrogen (secondary N) is 2. The van der Waals surface area contributed by atoms with Crippen molar-refractivity contribution in [2.24, 2.45) is 5.92 Å². The Balaban J connectivity index is 0.00000289. The molecule has 4 unspecified atom stereocenters. The maximum absolute atomic E-state index is 11.8.